The van der Waals surface area contributed by atoms with Crippen LogP contribution in [0, 0.1) is 0 Å². The summed E-state index contributed by atoms with van der Waals surface area (Å²) in [6.45, 7) is 5.90. The van der Waals surface area contributed by atoms with Crippen LogP contribution in [0.25, 0.3) is 0 Å². The van der Waals surface area contributed by atoms with Gasteiger partial charge in [0.05, 0.1) is 0 Å². The SMILES string of the molecule is CC[C@H](C(=O)O)N1CCN(C2CCCC2)CC1. The Morgan fingerprint density at radius 3 is 2.29 bits per heavy atom. The van der Waals surface area contributed by atoms with Gasteiger partial charge in [-0.25, -0.2) is 0 Å². The zero-order valence-corrected chi connectivity index (χ0v) is 10.8. The van der Waals surface area contributed by atoms with Crippen molar-refractivity contribution in [1.82, 2.24) is 9.80 Å². The van der Waals surface area contributed by atoms with Gasteiger partial charge in [-0.15, -0.1) is 0 Å². The minimum Gasteiger partial charge on any atom is -0.480 e. The Morgan fingerprint density at radius 1 is 1.24 bits per heavy atom. The summed E-state index contributed by atoms with van der Waals surface area (Å²) in [6.07, 6.45) is 6.14. The number of aliphatic carboxylic acids is 1. The number of hydrogen-bond donors (Lipinski definition) is 1. The van der Waals surface area contributed by atoms with Crippen molar-refractivity contribution in [2.75, 3.05) is 26.2 Å². The fourth-order valence-electron chi connectivity index (χ4n) is 3.27. The molecule has 4 nitrogen and oxygen atoms in total. The van der Waals surface area contributed by atoms with E-state index < -0.39 is 5.97 Å². The second kappa shape index (κ2) is 5.83. The zero-order chi connectivity index (χ0) is 12.3. The normalized spacial score (nSPS) is 26.2. The topological polar surface area (TPSA) is 43.8 Å². The van der Waals surface area contributed by atoms with Crippen LogP contribution in [0.1, 0.15) is 39.0 Å². The van der Waals surface area contributed by atoms with Crippen LogP contribution < -0.4 is 0 Å². The van der Waals surface area contributed by atoms with Crippen LogP contribution >= 0.6 is 0 Å². The van der Waals surface area contributed by atoms with Gasteiger partial charge < -0.3 is 5.11 Å². The second-order valence-corrected chi connectivity index (χ2v) is 5.27. The van der Waals surface area contributed by atoms with Gasteiger partial charge in [-0.05, 0) is 19.3 Å². The van der Waals surface area contributed by atoms with Crippen molar-refractivity contribution in [2.45, 2.75) is 51.1 Å². The van der Waals surface area contributed by atoms with Gasteiger partial charge in [0, 0.05) is 32.2 Å². The second-order valence-electron chi connectivity index (χ2n) is 5.27. The molecule has 2 aliphatic rings. The van der Waals surface area contributed by atoms with E-state index in [0.29, 0.717) is 6.42 Å². The molecule has 1 saturated heterocycles. The van der Waals surface area contributed by atoms with Gasteiger partial charge in [-0.1, -0.05) is 19.8 Å². The Kier molecular flexibility index (Phi) is 4.40. The summed E-state index contributed by atoms with van der Waals surface area (Å²) in [7, 11) is 0. The molecule has 0 aromatic rings. The maximum atomic E-state index is 11.1. The summed E-state index contributed by atoms with van der Waals surface area (Å²) < 4.78 is 0. The molecule has 2 rings (SSSR count). The van der Waals surface area contributed by atoms with E-state index in [4.69, 9.17) is 5.11 Å². The molecule has 98 valence electrons. The molecule has 1 atom stereocenters. The van der Waals surface area contributed by atoms with Gasteiger partial charge in [-0.2, -0.15) is 0 Å². The smallest absolute Gasteiger partial charge is 0.320 e. The van der Waals surface area contributed by atoms with Gasteiger partial charge in [0.15, 0.2) is 0 Å². The summed E-state index contributed by atoms with van der Waals surface area (Å²) in [6, 6.07) is 0.503. The predicted molar refractivity (Wildman–Crippen MR) is 67.1 cm³/mol. The third-order valence-corrected chi connectivity index (χ3v) is 4.30. The molecule has 1 heterocycles. The summed E-state index contributed by atoms with van der Waals surface area (Å²) in [4.78, 5) is 15.8. The Hall–Kier alpha value is -0.610. The van der Waals surface area contributed by atoms with Crippen molar-refractivity contribution in [3.05, 3.63) is 0 Å². The number of carbonyl (C=O) groups is 1. The molecular formula is C13H24N2O2. The van der Waals surface area contributed by atoms with Crippen LogP contribution in [0.4, 0.5) is 0 Å². The van der Waals surface area contributed by atoms with E-state index in [2.05, 4.69) is 9.80 Å². The first-order chi connectivity index (χ1) is 8.22. The van der Waals surface area contributed by atoms with E-state index in [1.807, 2.05) is 6.92 Å². The molecule has 17 heavy (non-hydrogen) atoms. The summed E-state index contributed by atoms with van der Waals surface area (Å²) in [5.74, 6) is -0.665. The van der Waals surface area contributed by atoms with E-state index in [9.17, 15) is 4.79 Å². The lowest BCUT2D eigenvalue weighted by atomic mass is 10.1. The van der Waals surface area contributed by atoms with E-state index in [1.165, 1.54) is 25.7 Å². The van der Waals surface area contributed by atoms with Crippen molar-refractivity contribution in [2.24, 2.45) is 0 Å². The third-order valence-electron chi connectivity index (χ3n) is 4.30. The van der Waals surface area contributed by atoms with E-state index >= 15 is 0 Å². The maximum Gasteiger partial charge on any atom is 0.320 e. The van der Waals surface area contributed by atoms with E-state index in [-0.39, 0.29) is 6.04 Å². The predicted octanol–water partition coefficient (Wildman–Crippen LogP) is 1.41. The van der Waals surface area contributed by atoms with E-state index in [1.54, 1.807) is 0 Å². The quantitative estimate of drug-likeness (QED) is 0.807. The molecule has 0 bridgehead atoms. The van der Waals surface area contributed by atoms with Crippen LogP contribution in [0.15, 0.2) is 0 Å². The van der Waals surface area contributed by atoms with Crippen LogP contribution in [0.2, 0.25) is 0 Å². The van der Waals surface area contributed by atoms with Crippen LogP contribution in [-0.4, -0.2) is 59.1 Å². The Balaban J connectivity index is 1.82. The standard InChI is InChI=1S/C13H24N2O2/c1-2-12(13(16)17)15-9-7-14(8-10-15)11-5-3-4-6-11/h11-12H,2-10H2,1H3,(H,16,17)/t12-/m1/s1. The number of hydrogen-bond acceptors (Lipinski definition) is 3. The Bertz CT molecular complexity index is 256. The van der Waals surface area contributed by atoms with Crippen molar-refractivity contribution >= 4 is 5.97 Å². The highest BCUT2D eigenvalue weighted by Gasteiger charge is 2.30. The fraction of sp³-hybridized carbons (Fsp3) is 0.923. The number of carboxylic acid groups (broad SMARTS) is 1. The monoisotopic (exact) mass is 240 g/mol. The number of rotatable bonds is 4. The molecule has 1 N–H and O–H groups in total. The molecule has 1 aliphatic carbocycles. The van der Waals surface area contributed by atoms with Crippen molar-refractivity contribution in [3.63, 3.8) is 0 Å². The lowest BCUT2D eigenvalue weighted by Gasteiger charge is -2.40. The van der Waals surface area contributed by atoms with Crippen molar-refractivity contribution in [1.29, 1.82) is 0 Å². The highest BCUT2D eigenvalue weighted by atomic mass is 16.4. The summed E-state index contributed by atoms with van der Waals surface area (Å²) in [5.41, 5.74) is 0. The van der Waals surface area contributed by atoms with Gasteiger partial charge in [0.2, 0.25) is 0 Å². The molecule has 2 fully saturated rings. The molecule has 0 radical (unpaired) electrons. The first kappa shape index (κ1) is 12.8. The molecule has 1 saturated carbocycles. The number of carboxylic acids is 1. The average molecular weight is 240 g/mol. The van der Waals surface area contributed by atoms with Crippen LogP contribution in [0.3, 0.4) is 0 Å². The Labute approximate surface area is 104 Å². The molecule has 0 unspecified atom stereocenters. The molecule has 0 aromatic heterocycles. The molecule has 0 aromatic carbocycles. The van der Waals surface area contributed by atoms with E-state index in [0.717, 1.165) is 32.2 Å². The first-order valence-corrected chi connectivity index (χ1v) is 6.93. The zero-order valence-electron chi connectivity index (χ0n) is 10.8. The highest BCUT2D eigenvalue weighted by molar-refractivity contribution is 5.73. The lowest BCUT2D eigenvalue weighted by Crippen LogP contribution is -2.54. The highest BCUT2D eigenvalue weighted by Crippen LogP contribution is 2.24. The number of nitrogens with zero attached hydrogens (tertiary/aromatic N) is 2. The Morgan fingerprint density at radius 2 is 1.82 bits per heavy atom. The lowest BCUT2D eigenvalue weighted by molar-refractivity contribution is -0.144. The van der Waals surface area contributed by atoms with Crippen molar-refractivity contribution < 1.29 is 9.90 Å². The van der Waals surface area contributed by atoms with Crippen LogP contribution in [0.5, 0.6) is 0 Å². The molecule has 0 amide bonds. The summed E-state index contributed by atoms with van der Waals surface area (Å²) in [5, 5.41) is 9.15. The number of piperazine rings is 1. The minimum atomic E-state index is -0.665. The van der Waals surface area contributed by atoms with Gasteiger partial charge in [0.25, 0.3) is 0 Å². The first-order valence-electron chi connectivity index (χ1n) is 6.93. The largest absolute Gasteiger partial charge is 0.480 e. The third kappa shape index (κ3) is 2.99. The fourth-order valence-corrected chi connectivity index (χ4v) is 3.27. The van der Waals surface area contributed by atoms with Crippen molar-refractivity contribution in [3.8, 4) is 0 Å². The maximum absolute atomic E-state index is 11.1. The molecule has 0 spiro atoms. The molecular weight excluding hydrogens is 216 g/mol. The van der Waals surface area contributed by atoms with Gasteiger partial charge in [0.1, 0.15) is 6.04 Å². The van der Waals surface area contributed by atoms with Gasteiger partial charge >= 0.3 is 5.97 Å². The molecule has 4 heteroatoms. The average Bonchev–Trinajstić information content (AvgIpc) is 2.84. The molecule has 1 aliphatic heterocycles. The van der Waals surface area contributed by atoms with Crippen LogP contribution in [-0.2, 0) is 4.79 Å². The summed E-state index contributed by atoms with van der Waals surface area (Å²) >= 11 is 0. The van der Waals surface area contributed by atoms with Gasteiger partial charge in [-0.3, -0.25) is 14.6 Å². The minimum absolute atomic E-state index is 0.277.